The van der Waals surface area contributed by atoms with Gasteiger partial charge in [-0.15, -0.1) is 0 Å². The molecule has 160 valence electrons. The number of benzene rings is 2. The fraction of sp³-hybridized carbons (Fsp3) is 0.261. The predicted octanol–water partition coefficient (Wildman–Crippen LogP) is 3.26. The van der Waals surface area contributed by atoms with Crippen LogP contribution in [-0.4, -0.2) is 40.8 Å². The topological polar surface area (TPSA) is 85.2 Å². The van der Waals surface area contributed by atoms with Crippen LogP contribution in [0.15, 0.2) is 65.4 Å². The summed E-state index contributed by atoms with van der Waals surface area (Å²) in [5, 5.41) is 10.1. The zero-order chi connectivity index (χ0) is 21.6. The van der Waals surface area contributed by atoms with Gasteiger partial charge in [0.05, 0.1) is 16.4 Å². The van der Waals surface area contributed by atoms with E-state index in [-0.39, 0.29) is 18.4 Å². The molecule has 0 radical (unpaired) electrons. The van der Waals surface area contributed by atoms with Crippen LogP contribution >= 0.6 is 15.9 Å². The third-order valence-corrected chi connectivity index (χ3v) is 5.29. The van der Waals surface area contributed by atoms with Crippen LogP contribution in [0.1, 0.15) is 28.8 Å². The van der Waals surface area contributed by atoms with E-state index < -0.39 is 0 Å². The number of carbonyl (C=O) groups is 2. The number of amides is 2. The van der Waals surface area contributed by atoms with Gasteiger partial charge in [-0.1, -0.05) is 12.1 Å². The molecule has 1 aromatic heterocycles. The summed E-state index contributed by atoms with van der Waals surface area (Å²) >= 11 is 3.37. The van der Waals surface area contributed by atoms with Crippen molar-refractivity contribution in [2.24, 2.45) is 0 Å². The van der Waals surface area contributed by atoms with Crippen molar-refractivity contribution in [3.8, 4) is 11.4 Å². The Morgan fingerprint density at radius 3 is 2.48 bits per heavy atom. The zero-order valence-corrected chi connectivity index (χ0v) is 18.5. The molecule has 2 amide bonds. The third kappa shape index (κ3) is 6.18. The van der Waals surface area contributed by atoms with E-state index in [1.54, 1.807) is 23.0 Å². The van der Waals surface area contributed by atoms with Crippen LogP contribution in [0.25, 0.3) is 5.69 Å². The summed E-state index contributed by atoms with van der Waals surface area (Å²) in [5.41, 5.74) is 2.56. The van der Waals surface area contributed by atoms with Crippen LogP contribution in [-0.2, 0) is 11.2 Å². The van der Waals surface area contributed by atoms with Crippen molar-refractivity contribution in [2.75, 3.05) is 13.2 Å². The maximum Gasteiger partial charge on any atom is 0.258 e. The molecule has 1 saturated carbocycles. The van der Waals surface area contributed by atoms with Gasteiger partial charge in [0.2, 0.25) is 0 Å². The molecule has 7 nitrogen and oxygen atoms in total. The van der Waals surface area contributed by atoms with E-state index in [0.717, 1.165) is 28.6 Å². The zero-order valence-electron chi connectivity index (χ0n) is 16.9. The van der Waals surface area contributed by atoms with Crippen molar-refractivity contribution in [2.45, 2.75) is 25.3 Å². The van der Waals surface area contributed by atoms with Crippen molar-refractivity contribution in [3.05, 3.63) is 76.5 Å². The number of nitrogens with one attached hydrogen (secondary N) is 2. The van der Waals surface area contributed by atoms with Gasteiger partial charge in [0.25, 0.3) is 11.8 Å². The number of hydrogen-bond acceptors (Lipinski definition) is 4. The monoisotopic (exact) mass is 482 g/mol. The highest BCUT2D eigenvalue weighted by Gasteiger charge is 2.23. The quantitative estimate of drug-likeness (QED) is 0.490. The third-order valence-electron chi connectivity index (χ3n) is 4.88. The van der Waals surface area contributed by atoms with Gasteiger partial charge >= 0.3 is 0 Å². The lowest BCUT2D eigenvalue weighted by atomic mass is 10.1. The molecule has 8 heteroatoms. The predicted molar refractivity (Wildman–Crippen MR) is 120 cm³/mol. The number of ether oxygens (including phenoxy) is 1. The SMILES string of the molecule is O=C(COc1ccc(CCNC(=O)c2ccc(-n3cc(Br)cn3)cc2)cc1)NC1CC1. The lowest BCUT2D eigenvalue weighted by Crippen LogP contribution is -2.30. The van der Waals surface area contributed by atoms with E-state index in [4.69, 9.17) is 4.74 Å². The van der Waals surface area contributed by atoms with Gasteiger partial charge in [-0.2, -0.15) is 5.10 Å². The van der Waals surface area contributed by atoms with Crippen molar-refractivity contribution in [3.63, 3.8) is 0 Å². The minimum absolute atomic E-state index is 0.0301. The van der Waals surface area contributed by atoms with E-state index >= 15 is 0 Å². The second-order valence-electron chi connectivity index (χ2n) is 7.43. The van der Waals surface area contributed by atoms with Crippen LogP contribution in [0.4, 0.5) is 0 Å². The minimum atomic E-state index is -0.116. The van der Waals surface area contributed by atoms with Gasteiger partial charge in [0.15, 0.2) is 6.61 Å². The van der Waals surface area contributed by atoms with E-state index in [0.29, 0.717) is 30.3 Å². The number of carbonyl (C=O) groups excluding carboxylic acids is 2. The van der Waals surface area contributed by atoms with Crippen LogP contribution in [0.2, 0.25) is 0 Å². The first-order chi connectivity index (χ1) is 15.1. The maximum atomic E-state index is 12.4. The molecule has 0 spiro atoms. The number of halogens is 1. The lowest BCUT2D eigenvalue weighted by Gasteiger charge is -2.09. The van der Waals surface area contributed by atoms with E-state index in [2.05, 4.69) is 31.7 Å². The molecule has 0 bridgehead atoms. The molecule has 0 saturated heterocycles. The Kier molecular flexibility index (Phi) is 6.66. The van der Waals surface area contributed by atoms with Crippen LogP contribution in [0.5, 0.6) is 5.75 Å². The van der Waals surface area contributed by atoms with E-state index in [1.807, 2.05) is 42.6 Å². The highest BCUT2D eigenvalue weighted by Crippen LogP contribution is 2.18. The van der Waals surface area contributed by atoms with Crippen molar-refractivity contribution < 1.29 is 14.3 Å². The Labute approximate surface area is 188 Å². The average Bonchev–Trinajstić information content (AvgIpc) is 3.49. The molecule has 0 atom stereocenters. The standard InChI is InChI=1S/C23H23BrN4O3/c24-18-13-26-28(14-18)20-7-3-17(4-8-20)23(30)25-12-11-16-1-9-21(10-2-16)31-15-22(29)27-19-5-6-19/h1-4,7-10,13-14,19H,5-6,11-12,15H2,(H,25,30)(H,27,29). The molecule has 1 aliphatic rings. The van der Waals surface area contributed by atoms with Crippen LogP contribution in [0, 0.1) is 0 Å². The highest BCUT2D eigenvalue weighted by atomic mass is 79.9. The molecule has 31 heavy (non-hydrogen) atoms. The fourth-order valence-corrected chi connectivity index (χ4v) is 3.31. The maximum absolute atomic E-state index is 12.4. The second-order valence-corrected chi connectivity index (χ2v) is 8.35. The second kappa shape index (κ2) is 9.78. The van der Waals surface area contributed by atoms with E-state index in [9.17, 15) is 9.59 Å². The Hall–Kier alpha value is -3.13. The molecular formula is C23H23BrN4O3. The van der Waals surface area contributed by atoms with Gasteiger partial charge in [-0.05, 0) is 77.2 Å². The van der Waals surface area contributed by atoms with Crippen molar-refractivity contribution >= 4 is 27.7 Å². The Morgan fingerprint density at radius 2 is 1.84 bits per heavy atom. The van der Waals surface area contributed by atoms with Gasteiger partial charge < -0.3 is 15.4 Å². The Bertz CT molecular complexity index is 1040. The van der Waals surface area contributed by atoms with Crippen molar-refractivity contribution in [1.29, 1.82) is 0 Å². The largest absolute Gasteiger partial charge is 0.484 e. The van der Waals surface area contributed by atoms with Gasteiger partial charge in [-0.3, -0.25) is 9.59 Å². The molecule has 1 aliphatic carbocycles. The molecule has 0 aliphatic heterocycles. The molecular weight excluding hydrogens is 460 g/mol. The van der Waals surface area contributed by atoms with Crippen LogP contribution in [0.3, 0.4) is 0 Å². The summed E-state index contributed by atoms with van der Waals surface area (Å²) in [6.07, 6.45) is 6.39. The first-order valence-corrected chi connectivity index (χ1v) is 11.0. The van der Waals surface area contributed by atoms with Gasteiger partial charge in [0.1, 0.15) is 5.75 Å². The molecule has 4 rings (SSSR count). The molecule has 1 heterocycles. The minimum Gasteiger partial charge on any atom is -0.484 e. The smallest absolute Gasteiger partial charge is 0.258 e. The van der Waals surface area contributed by atoms with Gasteiger partial charge in [0, 0.05) is 24.3 Å². The number of nitrogens with zero attached hydrogens (tertiary/aromatic N) is 2. The molecule has 2 N–H and O–H groups in total. The molecule has 2 aromatic carbocycles. The molecule has 0 unspecified atom stereocenters. The summed E-state index contributed by atoms with van der Waals surface area (Å²) in [5.74, 6) is 0.456. The summed E-state index contributed by atoms with van der Waals surface area (Å²) in [7, 11) is 0. The highest BCUT2D eigenvalue weighted by molar-refractivity contribution is 9.10. The fourth-order valence-electron chi connectivity index (χ4n) is 3.03. The van der Waals surface area contributed by atoms with Gasteiger partial charge in [-0.25, -0.2) is 4.68 Å². The first-order valence-electron chi connectivity index (χ1n) is 10.2. The first kappa shape index (κ1) is 21.1. The molecule has 1 fully saturated rings. The summed E-state index contributed by atoms with van der Waals surface area (Å²) in [4.78, 5) is 24.0. The number of hydrogen-bond donors (Lipinski definition) is 2. The van der Waals surface area contributed by atoms with Crippen molar-refractivity contribution in [1.82, 2.24) is 20.4 Å². The summed E-state index contributed by atoms with van der Waals surface area (Å²) in [6.45, 7) is 0.555. The Morgan fingerprint density at radius 1 is 1.10 bits per heavy atom. The Balaban J connectivity index is 1.20. The van der Waals surface area contributed by atoms with Crippen LogP contribution < -0.4 is 15.4 Å². The summed E-state index contributed by atoms with van der Waals surface area (Å²) < 4.78 is 8.14. The number of aromatic nitrogens is 2. The van der Waals surface area contributed by atoms with E-state index in [1.165, 1.54) is 0 Å². The normalized spacial score (nSPS) is 12.9. The number of rotatable bonds is 9. The molecule has 3 aromatic rings. The average molecular weight is 483 g/mol. The lowest BCUT2D eigenvalue weighted by molar-refractivity contribution is -0.123. The summed E-state index contributed by atoms with van der Waals surface area (Å²) in [6, 6.07) is 15.2.